The van der Waals surface area contributed by atoms with Crippen molar-refractivity contribution >= 4 is 30.0 Å². The van der Waals surface area contributed by atoms with Crippen LogP contribution in [0.2, 0.25) is 0 Å². The number of hydrogen-bond acceptors (Lipinski definition) is 6. The molecule has 13 heteroatoms. The van der Waals surface area contributed by atoms with Crippen LogP contribution in [0.5, 0.6) is 5.75 Å². The number of rotatable bonds is 9. The van der Waals surface area contributed by atoms with Crippen molar-refractivity contribution in [1.29, 1.82) is 0 Å². The summed E-state index contributed by atoms with van der Waals surface area (Å²) in [5, 5.41) is 13.5. The molecule has 33 heavy (non-hydrogen) atoms. The Kier molecular flexibility index (Phi) is 8.38. The van der Waals surface area contributed by atoms with E-state index in [-0.39, 0.29) is 18.5 Å². The largest absolute Gasteiger partial charge is 0.573 e. The maximum absolute atomic E-state index is 12.8. The molecule has 1 saturated heterocycles. The highest BCUT2D eigenvalue weighted by atomic mass is 19.4. The Morgan fingerprint density at radius 3 is 2.39 bits per heavy atom. The fourth-order valence-electron chi connectivity index (χ4n) is 3.30. The van der Waals surface area contributed by atoms with Gasteiger partial charge in [0.2, 0.25) is 11.8 Å². The van der Waals surface area contributed by atoms with Gasteiger partial charge in [-0.2, -0.15) is 0 Å². The number of nitrogens with zero attached hydrogens (tertiary/aromatic N) is 1. The van der Waals surface area contributed by atoms with E-state index in [0.29, 0.717) is 12.7 Å². The van der Waals surface area contributed by atoms with E-state index in [1.807, 2.05) is 0 Å². The third kappa shape index (κ3) is 7.47. The first kappa shape index (κ1) is 25.6. The van der Waals surface area contributed by atoms with Gasteiger partial charge in [0.05, 0.1) is 12.5 Å². The third-order valence-electron chi connectivity index (χ3n) is 4.79. The van der Waals surface area contributed by atoms with E-state index < -0.39 is 60.3 Å². The lowest BCUT2D eigenvalue weighted by Crippen LogP contribution is -2.54. The normalized spacial score (nSPS) is 17.6. The first-order valence-corrected chi connectivity index (χ1v) is 9.86. The highest BCUT2D eigenvalue weighted by molar-refractivity contribution is 5.98. The Labute approximate surface area is 186 Å². The molecule has 0 spiro atoms. The number of carboxylic acids is 1. The van der Waals surface area contributed by atoms with Crippen molar-refractivity contribution in [2.24, 2.45) is 0 Å². The molecule has 1 fully saturated rings. The van der Waals surface area contributed by atoms with Crippen LogP contribution in [0.15, 0.2) is 24.3 Å². The lowest BCUT2D eigenvalue weighted by molar-refractivity contribution is -0.274. The highest BCUT2D eigenvalue weighted by Crippen LogP contribution is 2.23. The van der Waals surface area contributed by atoms with Gasteiger partial charge in [0.25, 0.3) is 5.91 Å². The molecule has 3 unspecified atom stereocenters. The van der Waals surface area contributed by atoms with E-state index in [1.54, 1.807) is 0 Å². The van der Waals surface area contributed by atoms with Gasteiger partial charge in [-0.05, 0) is 44.0 Å². The van der Waals surface area contributed by atoms with Crippen molar-refractivity contribution in [3.05, 3.63) is 29.8 Å². The summed E-state index contributed by atoms with van der Waals surface area (Å²) < 4.78 is 40.4. The summed E-state index contributed by atoms with van der Waals surface area (Å²) in [5.41, 5.74) is -0.0117. The average molecular weight is 473 g/mol. The molecule has 1 aliphatic rings. The van der Waals surface area contributed by atoms with Crippen LogP contribution in [0.3, 0.4) is 0 Å². The number of halogens is 3. The second-order valence-electron chi connectivity index (χ2n) is 7.31. The molecule has 1 aromatic carbocycles. The summed E-state index contributed by atoms with van der Waals surface area (Å²) in [6.07, 6.45) is -4.41. The number of hydrogen-bond donors (Lipinski definition) is 3. The standard InChI is InChI=1S/C20H22F3N3O7/c1-11(24-17(30)12-4-6-14(7-5-12)33-20(21,22)23)19(32)26-8-2-3-15(26)18(31)25-13(10-27)9-16(28)29/h4-7,10-11,13,15H,2-3,8-9H2,1H3,(H,24,30)(H,25,31)(H,28,29). The van der Waals surface area contributed by atoms with Crippen molar-refractivity contribution in [1.82, 2.24) is 15.5 Å². The molecule has 3 amide bonds. The Balaban J connectivity index is 1.98. The van der Waals surface area contributed by atoms with E-state index in [4.69, 9.17) is 5.11 Å². The zero-order valence-corrected chi connectivity index (χ0v) is 17.4. The van der Waals surface area contributed by atoms with E-state index in [0.717, 1.165) is 24.3 Å². The second-order valence-corrected chi connectivity index (χ2v) is 7.31. The van der Waals surface area contributed by atoms with Crippen LogP contribution in [0, 0.1) is 0 Å². The van der Waals surface area contributed by atoms with Crippen LogP contribution in [0.4, 0.5) is 13.2 Å². The smallest absolute Gasteiger partial charge is 0.481 e. The predicted molar refractivity (Wildman–Crippen MR) is 105 cm³/mol. The Bertz CT molecular complexity index is 905. The van der Waals surface area contributed by atoms with E-state index >= 15 is 0 Å². The summed E-state index contributed by atoms with van der Waals surface area (Å²) in [6, 6.07) is 0.856. The number of aldehydes is 1. The minimum absolute atomic E-state index is 0.0117. The minimum atomic E-state index is -4.87. The second kappa shape index (κ2) is 10.8. The SMILES string of the molecule is CC(NC(=O)c1ccc(OC(F)(F)F)cc1)C(=O)N1CCCC1C(=O)NC(C=O)CC(=O)O. The van der Waals surface area contributed by atoms with E-state index in [1.165, 1.54) is 11.8 Å². The summed E-state index contributed by atoms with van der Waals surface area (Å²) in [5.74, 6) is -3.78. The first-order chi connectivity index (χ1) is 15.4. The van der Waals surface area contributed by atoms with Crippen LogP contribution < -0.4 is 15.4 Å². The number of carbonyl (C=O) groups is 5. The molecule has 1 heterocycles. The lowest BCUT2D eigenvalue weighted by Gasteiger charge is -2.27. The molecule has 0 aromatic heterocycles. The van der Waals surface area contributed by atoms with Crippen LogP contribution in [-0.4, -0.2) is 71.0 Å². The van der Waals surface area contributed by atoms with Gasteiger partial charge >= 0.3 is 12.3 Å². The van der Waals surface area contributed by atoms with Crippen molar-refractivity contribution in [2.45, 2.75) is 50.7 Å². The van der Waals surface area contributed by atoms with Crippen molar-refractivity contribution < 1.29 is 47.0 Å². The summed E-state index contributed by atoms with van der Waals surface area (Å²) >= 11 is 0. The molecule has 10 nitrogen and oxygen atoms in total. The summed E-state index contributed by atoms with van der Waals surface area (Å²) in [6.45, 7) is 1.60. The maximum Gasteiger partial charge on any atom is 0.573 e. The quantitative estimate of drug-likeness (QED) is 0.452. The number of ether oxygens (including phenoxy) is 1. The van der Waals surface area contributed by atoms with Crippen LogP contribution in [-0.2, 0) is 19.2 Å². The van der Waals surface area contributed by atoms with Gasteiger partial charge in [0.1, 0.15) is 24.1 Å². The van der Waals surface area contributed by atoms with Crippen molar-refractivity contribution in [3.8, 4) is 5.75 Å². The number of amides is 3. The number of alkyl halides is 3. The monoisotopic (exact) mass is 473 g/mol. The average Bonchev–Trinajstić information content (AvgIpc) is 3.21. The number of aliphatic carboxylic acids is 1. The van der Waals surface area contributed by atoms with Crippen LogP contribution in [0.1, 0.15) is 36.5 Å². The molecule has 0 radical (unpaired) electrons. The molecule has 0 aliphatic carbocycles. The highest BCUT2D eigenvalue weighted by Gasteiger charge is 2.37. The number of benzene rings is 1. The number of nitrogens with one attached hydrogen (secondary N) is 2. The Morgan fingerprint density at radius 1 is 1.21 bits per heavy atom. The molecule has 1 aromatic rings. The number of carboxylic acid groups (broad SMARTS) is 1. The van der Waals surface area contributed by atoms with Gasteiger partial charge in [-0.15, -0.1) is 13.2 Å². The van der Waals surface area contributed by atoms with E-state index in [9.17, 15) is 37.1 Å². The third-order valence-corrected chi connectivity index (χ3v) is 4.79. The predicted octanol–water partition coefficient (Wildman–Crippen LogP) is 0.853. The molecule has 0 saturated carbocycles. The zero-order chi connectivity index (χ0) is 24.8. The molecule has 1 aliphatic heterocycles. The number of carbonyl (C=O) groups excluding carboxylic acids is 4. The van der Waals surface area contributed by atoms with Gasteiger partial charge in [0.15, 0.2) is 0 Å². The topological polar surface area (TPSA) is 142 Å². The Hall–Kier alpha value is -3.64. The van der Waals surface area contributed by atoms with Gasteiger partial charge in [-0.3, -0.25) is 19.2 Å². The Morgan fingerprint density at radius 2 is 1.85 bits per heavy atom. The maximum atomic E-state index is 12.8. The van der Waals surface area contributed by atoms with E-state index in [2.05, 4.69) is 15.4 Å². The van der Waals surface area contributed by atoms with Crippen LogP contribution >= 0.6 is 0 Å². The van der Waals surface area contributed by atoms with Crippen molar-refractivity contribution in [2.75, 3.05) is 6.54 Å². The molecule has 2 rings (SSSR count). The minimum Gasteiger partial charge on any atom is -0.481 e. The van der Waals surface area contributed by atoms with Gasteiger partial charge in [-0.25, -0.2) is 0 Å². The molecule has 3 N–H and O–H groups in total. The molecule has 0 bridgehead atoms. The fourth-order valence-corrected chi connectivity index (χ4v) is 3.30. The number of likely N-dealkylation sites (tertiary alicyclic amines) is 1. The summed E-state index contributed by atoms with van der Waals surface area (Å²) in [4.78, 5) is 60.6. The lowest BCUT2D eigenvalue weighted by atomic mass is 10.1. The molecular weight excluding hydrogens is 451 g/mol. The fraction of sp³-hybridized carbons (Fsp3) is 0.450. The van der Waals surface area contributed by atoms with Crippen LogP contribution in [0.25, 0.3) is 0 Å². The van der Waals surface area contributed by atoms with Gasteiger partial charge < -0.3 is 30.2 Å². The van der Waals surface area contributed by atoms with Gasteiger partial charge in [-0.1, -0.05) is 0 Å². The van der Waals surface area contributed by atoms with Gasteiger partial charge in [0, 0.05) is 12.1 Å². The summed E-state index contributed by atoms with van der Waals surface area (Å²) in [7, 11) is 0. The molecule has 180 valence electrons. The zero-order valence-electron chi connectivity index (χ0n) is 17.4. The molecule has 3 atom stereocenters. The molecular formula is C20H22F3N3O7. The van der Waals surface area contributed by atoms with Crippen molar-refractivity contribution in [3.63, 3.8) is 0 Å². The first-order valence-electron chi connectivity index (χ1n) is 9.86.